The van der Waals surface area contributed by atoms with Gasteiger partial charge < -0.3 is 14.4 Å². The van der Waals surface area contributed by atoms with Gasteiger partial charge in [-0.05, 0) is 81.0 Å². The SMILES string of the molecule is CC1=C[C@@H](CN2CCC(CO)CC2)[C@H](C(C)C)C[C@H]1Cc1nnc(-c2ccncc2)o1. The third kappa shape index (κ3) is 5.42. The topological polar surface area (TPSA) is 75.3 Å². The summed E-state index contributed by atoms with van der Waals surface area (Å²) in [5, 5.41) is 18.0. The first-order valence-electron chi connectivity index (χ1n) is 11.8. The maximum absolute atomic E-state index is 9.42. The molecule has 2 aromatic heterocycles. The number of likely N-dealkylation sites (tertiary alicyclic amines) is 1. The van der Waals surface area contributed by atoms with Gasteiger partial charge in [-0.25, -0.2) is 0 Å². The molecular formula is C25H36N4O2. The van der Waals surface area contributed by atoms with Crippen LogP contribution in [0.25, 0.3) is 11.5 Å². The predicted molar refractivity (Wildman–Crippen MR) is 121 cm³/mol. The monoisotopic (exact) mass is 424 g/mol. The summed E-state index contributed by atoms with van der Waals surface area (Å²) in [4.78, 5) is 6.66. The Kier molecular flexibility index (Phi) is 7.18. The normalized spacial score (nSPS) is 25.7. The lowest BCUT2D eigenvalue weighted by Gasteiger charge is -2.40. The molecule has 31 heavy (non-hydrogen) atoms. The van der Waals surface area contributed by atoms with Crippen LogP contribution < -0.4 is 0 Å². The number of hydrogen-bond acceptors (Lipinski definition) is 6. The van der Waals surface area contributed by atoms with Gasteiger partial charge in [-0.2, -0.15) is 0 Å². The zero-order chi connectivity index (χ0) is 21.8. The molecule has 0 bridgehead atoms. The summed E-state index contributed by atoms with van der Waals surface area (Å²) in [7, 11) is 0. The van der Waals surface area contributed by atoms with Crippen LogP contribution in [-0.2, 0) is 6.42 Å². The Morgan fingerprint density at radius 3 is 2.58 bits per heavy atom. The second kappa shape index (κ2) is 10.0. The van der Waals surface area contributed by atoms with Gasteiger partial charge in [-0.3, -0.25) is 4.98 Å². The highest BCUT2D eigenvalue weighted by Crippen LogP contribution is 2.39. The van der Waals surface area contributed by atoms with Crippen molar-refractivity contribution in [1.82, 2.24) is 20.1 Å². The number of nitrogens with zero attached hydrogens (tertiary/aromatic N) is 4. The molecule has 3 heterocycles. The van der Waals surface area contributed by atoms with Crippen LogP contribution in [0.1, 0.15) is 45.9 Å². The average Bonchev–Trinajstić information content (AvgIpc) is 3.25. The molecular weight excluding hydrogens is 388 g/mol. The number of hydrogen-bond donors (Lipinski definition) is 1. The number of rotatable bonds is 7. The summed E-state index contributed by atoms with van der Waals surface area (Å²) >= 11 is 0. The van der Waals surface area contributed by atoms with E-state index in [0.717, 1.165) is 50.4 Å². The minimum Gasteiger partial charge on any atom is -0.421 e. The van der Waals surface area contributed by atoms with E-state index in [0.29, 0.717) is 42.1 Å². The standard InChI is InChI=1S/C25H36N4O2/c1-17(2)23-13-21(14-24-27-28-25(31-24)20-4-8-26-9-5-20)18(3)12-22(23)15-29-10-6-19(16-30)7-11-29/h4-5,8-9,12,17,19,21-23,30H,6-7,10-11,13-16H2,1-3H3/t21-,22-,23-/m0/s1. The molecule has 1 aliphatic carbocycles. The zero-order valence-electron chi connectivity index (χ0n) is 19.1. The first-order valence-corrected chi connectivity index (χ1v) is 11.8. The fraction of sp³-hybridized carbons (Fsp3) is 0.640. The van der Waals surface area contributed by atoms with Crippen LogP contribution in [0.4, 0.5) is 0 Å². The van der Waals surface area contributed by atoms with Gasteiger partial charge in [0.2, 0.25) is 11.8 Å². The molecule has 0 unspecified atom stereocenters. The molecule has 1 aliphatic heterocycles. The number of allylic oxidation sites excluding steroid dienone is 1. The van der Waals surface area contributed by atoms with Crippen molar-refractivity contribution < 1.29 is 9.52 Å². The molecule has 0 spiro atoms. The van der Waals surface area contributed by atoms with E-state index in [-0.39, 0.29) is 0 Å². The summed E-state index contributed by atoms with van der Waals surface area (Å²) in [6, 6.07) is 3.79. The summed E-state index contributed by atoms with van der Waals surface area (Å²) in [5.74, 6) is 4.13. The highest BCUT2D eigenvalue weighted by atomic mass is 16.4. The van der Waals surface area contributed by atoms with E-state index in [1.54, 1.807) is 12.4 Å². The minimum absolute atomic E-state index is 0.338. The lowest BCUT2D eigenvalue weighted by molar-refractivity contribution is 0.103. The van der Waals surface area contributed by atoms with Crippen molar-refractivity contribution in [2.24, 2.45) is 29.6 Å². The van der Waals surface area contributed by atoms with Crippen LogP contribution in [-0.4, -0.2) is 51.4 Å². The van der Waals surface area contributed by atoms with Gasteiger partial charge in [-0.15, -0.1) is 10.2 Å². The van der Waals surface area contributed by atoms with Crippen LogP contribution in [0.5, 0.6) is 0 Å². The molecule has 0 amide bonds. The zero-order valence-corrected chi connectivity index (χ0v) is 19.1. The number of aliphatic hydroxyl groups is 1. The van der Waals surface area contributed by atoms with Crippen LogP contribution >= 0.6 is 0 Å². The van der Waals surface area contributed by atoms with E-state index < -0.39 is 0 Å². The molecule has 0 radical (unpaired) electrons. The Hall–Kier alpha value is -2.05. The van der Waals surface area contributed by atoms with Gasteiger partial charge >= 0.3 is 0 Å². The third-order valence-corrected chi connectivity index (χ3v) is 7.33. The van der Waals surface area contributed by atoms with Gasteiger partial charge in [0.25, 0.3) is 0 Å². The van der Waals surface area contributed by atoms with Crippen molar-refractivity contribution >= 4 is 0 Å². The van der Waals surface area contributed by atoms with Gasteiger partial charge in [0.1, 0.15) is 0 Å². The summed E-state index contributed by atoms with van der Waals surface area (Å²) in [5.41, 5.74) is 2.37. The maximum Gasteiger partial charge on any atom is 0.247 e. The Labute approximate surface area is 185 Å². The van der Waals surface area contributed by atoms with Crippen molar-refractivity contribution in [3.63, 3.8) is 0 Å². The summed E-state index contributed by atoms with van der Waals surface area (Å²) in [6.45, 7) is 10.7. The van der Waals surface area contributed by atoms with E-state index in [9.17, 15) is 5.11 Å². The molecule has 6 nitrogen and oxygen atoms in total. The van der Waals surface area contributed by atoms with Crippen molar-refractivity contribution in [3.05, 3.63) is 42.1 Å². The maximum atomic E-state index is 9.42. The Bertz CT molecular complexity index is 855. The second-order valence-corrected chi connectivity index (χ2v) is 9.78. The predicted octanol–water partition coefficient (Wildman–Crippen LogP) is 4.23. The highest BCUT2D eigenvalue weighted by Gasteiger charge is 2.34. The fourth-order valence-corrected chi connectivity index (χ4v) is 5.29. The van der Waals surface area contributed by atoms with E-state index in [2.05, 4.69) is 46.9 Å². The van der Waals surface area contributed by atoms with Gasteiger partial charge in [0.05, 0.1) is 0 Å². The van der Waals surface area contributed by atoms with Crippen molar-refractivity contribution in [1.29, 1.82) is 0 Å². The van der Waals surface area contributed by atoms with Crippen molar-refractivity contribution in [3.8, 4) is 11.5 Å². The molecule has 2 aliphatic rings. The second-order valence-electron chi connectivity index (χ2n) is 9.78. The molecule has 0 saturated carbocycles. The first-order chi connectivity index (χ1) is 15.0. The Morgan fingerprint density at radius 2 is 1.90 bits per heavy atom. The number of pyridine rings is 1. The molecule has 2 aromatic rings. The van der Waals surface area contributed by atoms with Crippen molar-refractivity contribution in [2.75, 3.05) is 26.2 Å². The summed E-state index contributed by atoms with van der Waals surface area (Å²) in [6.07, 6.45) is 10.2. The largest absolute Gasteiger partial charge is 0.421 e. The summed E-state index contributed by atoms with van der Waals surface area (Å²) < 4.78 is 5.98. The third-order valence-electron chi connectivity index (χ3n) is 7.33. The average molecular weight is 425 g/mol. The Balaban J connectivity index is 1.42. The fourth-order valence-electron chi connectivity index (χ4n) is 5.29. The molecule has 3 atom stereocenters. The molecule has 4 rings (SSSR count). The highest BCUT2D eigenvalue weighted by molar-refractivity contribution is 5.50. The van der Waals surface area contributed by atoms with Gasteiger partial charge in [-0.1, -0.05) is 25.5 Å². The smallest absolute Gasteiger partial charge is 0.247 e. The van der Waals surface area contributed by atoms with Crippen LogP contribution in [0.2, 0.25) is 0 Å². The first kappa shape index (κ1) is 22.2. The molecule has 1 N–H and O–H groups in total. The van der Waals surface area contributed by atoms with Crippen molar-refractivity contribution in [2.45, 2.75) is 46.5 Å². The van der Waals surface area contributed by atoms with E-state index in [1.165, 1.54) is 12.0 Å². The van der Waals surface area contributed by atoms with E-state index in [1.807, 2.05) is 12.1 Å². The van der Waals surface area contributed by atoms with E-state index in [4.69, 9.17) is 4.42 Å². The lowest BCUT2D eigenvalue weighted by Crippen LogP contribution is -2.41. The van der Waals surface area contributed by atoms with Gasteiger partial charge in [0.15, 0.2) is 0 Å². The van der Waals surface area contributed by atoms with Crippen LogP contribution in [0.15, 0.2) is 40.6 Å². The minimum atomic E-state index is 0.338. The quantitative estimate of drug-likeness (QED) is 0.670. The lowest BCUT2D eigenvalue weighted by atomic mass is 9.69. The molecule has 1 fully saturated rings. The Morgan fingerprint density at radius 1 is 1.16 bits per heavy atom. The number of piperidine rings is 1. The van der Waals surface area contributed by atoms with Crippen LogP contribution in [0.3, 0.4) is 0 Å². The van der Waals surface area contributed by atoms with Crippen LogP contribution in [0, 0.1) is 29.6 Å². The van der Waals surface area contributed by atoms with E-state index >= 15 is 0 Å². The molecule has 6 heteroatoms. The molecule has 168 valence electrons. The molecule has 1 saturated heterocycles. The van der Waals surface area contributed by atoms with Gasteiger partial charge in [0, 0.05) is 37.5 Å². The number of aliphatic hydroxyl groups excluding tert-OH is 1. The molecule has 0 aromatic carbocycles. The number of aromatic nitrogens is 3.